The number of nitrogens with one attached hydrogen (secondary N) is 1. The summed E-state index contributed by atoms with van der Waals surface area (Å²) in [5, 5.41) is 2.66. The number of amides is 1. The number of hydrogen-bond acceptors (Lipinski definition) is 3. The van der Waals surface area contributed by atoms with E-state index < -0.39 is 12.1 Å². The van der Waals surface area contributed by atoms with E-state index in [0.717, 1.165) is 11.1 Å². The van der Waals surface area contributed by atoms with Gasteiger partial charge in [-0.25, -0.2) is 0 Å². The van der Waals surface area contributed by atoms with Gasteiger partial charge in [0.1, 0.15) is 6.29 Å². The minimum absolute atomic E-state index is 0.335. The molecule has 23 heavy (non-hydrogen) atoms. The Morgan fingerprint density at radius 1 is 1.39 bits per heavy atom. The van der Waals surface area contributed by atoms with Gasteiger partial charge in [-0.3, -0.25) is 4.79 Å². The molecule has 0 bridgehead atoms. The lowest BCUT2D eigenvalue weighted by molar-refractivity contribution is -0.125. The summed E-state index contributed by atoms with van der Waals surface area (Å²) >= 11 is 0. The summed E-state index contributed by atoms with van der Waals surface area (Å²) in [4.78, 5) is 23.3. The molecule has 2 unspecified atom stereocenters. The topological polar surface area (TPSA) is 72.2 Å². The SMILES string of the molecule is C#C/C=C(\C=C/C)CC(C=O)NC(=O)C(N)Cc1ccccc1. The van der Waals surface area contributed by atoms with Crippen molar-refractivity contribution in [3.05, 3.63) is 59.7 Å². The molecule has 1 rings (SSSR count). The number of benzene rings is 1. The molecular weight excluding hydrogens is 288 g/mol. The summed E-state index contributed by atoms with van der Waals surface area (Å²) in [5.74, 6) is 2.07. The van der Waals surface area contributed by atoms with Crippen LogP contribution >= 0.6 is 0 Å². The normalized spacial score (nSPS) is 14.0. The van der Waals surface area contributed by atoms with Crippen LogP contribution in [0.15, 0.2) is 54.1 Å². The van der Waals surface area contributed by atoms with Crippen molar-refractivity contribution >= 4 is 12.2 Å². The fourth-order valence-electron chi connectivity index (χ4n) is 2.13. The van der Waals surface area contributed by atoms with E-state index in [4.69, 9.17) is 12.2 Å². The van der Waals surface area contributed by atoms with Crippen LogP contribution in [0.1, 0.15) is 18.9 Å². The lowest BCUT2D eigenvalue weighted by Gasteiger charge is -2.17. The van der Waals surface area contributed by atoms with Gasteiger partial charge in [-0.05, 0) is 30.6 Å². The number of aldehydes is 1. The monoisotopic (exact) mass is 310 g/mol. The standard InChI is InChI=1S/C19H22N2O2/c1-3-8-15(9-4-2)12-17(14-22)21-19(23)18(20)13-16-10-6-5-7-11-16/h1,4-11,14,17-18H,12-13,20H2,2H3,(H,21,23)/b9-4-,15-8+. The van der Waals surface area contributed by atoms with E-state index in [-0.39, 0.29) is 5.91 Å². The Bertz CT molecular complexity index is 612. The van der Waals surface area contributed by atoms with Gasteiger partial charge in [0.05, 0.1) is 12.1 Å². The van der Waals surface area contributed by atoms with Crippen LogP contribution in [-0.4, -0.2) is 24.3 Å². The van der Waals surface area contributed by atoms with Gasteiger partial charge < -0.3 is 15.8 Å². The van der Waals surface area contributed by atoms with Gasteiger partial charge in [-0.2, -0.15) is 0 Å². The van der Waals surface area contributed by atoms with Crippen molar-refractivity contribution < 1.29 is 9.59 Å². The van der Waals surface area contributed by atoms with Crippen LogP contribution in [0.5, 0.6) is 0 Å². The van der Waals surface area contributed by atoms with Crippen molar-refractivity contribution in [2.45, 2.75) is 31.8 Å². The molecule has 1 aromatic rings. The van der Waals surface area contributed by atoms with Gasteiger partial charge in [-0.15, -0.1) is 6.42 Å². The summed E-state index contributed by atoms with van der Waals surface area (Å²) in [6, 6.07) is 8.14. The van der Waals surface area contributed by atoms with Crippen LogP contribution in [0.3, 0.4) is 0 Å². The number of rotatable bonds is 8. The zero-order chi connectivity index (χ0) is 17.1. The molecule has 0 aliphatic rings. The second-order valence-corrected chi connectivity index (χ2v) is 5.14. The van der Waals surface area contributed by atoms with E-state index in [1.807, 2.05) is 49.4 Å². The molecule has 2 atom stereocenters. The maximum absolute atomic E-state index is 12.1. The van der Waals surface area contributed by atoms with Crippen molar-refractivity contribution in [2.24, 2.45) is 5.73 Å². The van der Waals surface area contributed by atoms with Crippen LogP contribution in [0.4, 0.5) is 0 Å². The summed E-state index contributed by atoms with van der Waals surface area (Å²) < 4.78 is 0. The average molecular weight is 310 g/mol. The first-order valence-electron chi connectivity index (χ1n) is 7.43. The van der Waals surface area contributed by atoms with Crippen molar-refractivity contribution in [1.29, 1.82) is 0 Å². The first-order chi connectivity index (χ1) is 11.1. The first-order valence-corrected chi connectivity index (χ1v) is 7.43. The molecule has 0 saturated carbocycles. The summed E-state index contributed by atoms with van der Waals surface area (Å²) in [6.07, 6.45) is 11.9. The van der Waals surface area contributed by atoms with Gasteiger partial charge in [0.15, 0.2) is 0 Å². The van der Waals surface area contributed by atoms with Gasteiger partial charge >= 0.3 is 0 Å². The maximum Gasteiger partial charge on any atom is 0.237 e. The van der Waals surface area contributed by atoms with Crippen LogP contribution in [0.2, 0.25) is 0 Å². The third kappa shape index (κ3) is 6.77. The van der Waals surface area contributed by atoms with Crippen molar-refractivity contribution in [2.75, 3.05) is 0 Å². The number of carbonyl (C=O) groups excluding carboxylic acids is 2. The molecule has 0 saturated heterocycles. The van der Waals surface area contributed by atoms with E-state index in [1.54, 1.807) is 6.08 Å². The predicted molar refractivity (Wildman–Crippen MR) is 92.5 cm³/mol. The Hall–Kier alpha value is -2.64. The van der Waals surface area contributed by atoms with E-state index in [1.165, 1.54) is 0 Å². The number of nitrogens with two attached hydrogens (primary N) is 1. The highest BCUT2D eigenvalue weighted by molar-refractivity contribution is 5.84. The van der Waals surface area contributed by atoms with E-state index in [2.05, 4.69) is 11.2 Å². The van der Waals surface area contributed by atoms with Crippen LogP contribution in [-0.2, 0) is 16.0 Å². The Balaban J connectivity index is 2.64. The number of terminal acetylenes is 1. The minimum Gasteiger partial charge on any atom is -0.345 e. The molecule has 120 valence electrons. The molecule has 1 aromatic carbocycles. The molecule has 0 radical (unpaired) electrons. The molecule has 0 aliphatic carbocycles. The quantitative estimate of drug-likeness (QED) is 0.437. The molecule has 0 fully saturated rings. The highest BCUT2D eigenvalue weighted by Crippen LogP contribution is 2.07. The van der Waals surface area contributed by atoms with Crippen molar-refractivity contribution in [3.63, 3.8) is 0 Å². The minimum atomic E-state index is -0.707. The fourth-order valence-corrected chi connectivity index (χ4v) is 2.13. The predicted octanol–water partition coefficient (Wildman–Crippen LogP) is 1.77. The molecule has 0 heterocycles. The first kappa shape index (κ1) is 18.4. The Morgan fingerprint density at radius 2 is 2.09 bits per heavy atom. The van der Waals surface area contributed by atoms with Crippen LogP contribution in [0.25, 0.3) is 0 Å². The summed E-state index contributed by atoms with van der Waals surface area (Å²) in [5.41, 5.74) is 7.68. The van der Waals surface area contributed by atoms with E-state index in [9.17, 15) is 9.59 Å². The Morgan fingerprint density at radius 3 is 2.65 bits per heavy atom. The maximum atomic E-state index is 12.1. The van der Waals surface area contributed by atoms with Crippen LogP contribution in [0, 0.1) is 12.3 Å². The average Bonchev–Trinajstić information content (AvgIpc) is 2.55. The fraction of sp³-hybridized carbons (Fsp3) is 0.263. The summed E-state index contributed by atoms with van der Waals surface area (Å²) in [6.45, 7) is 1.86. The van der Waals surface area contributed by atoms with Gasteiger partial charge in [-0.1, -0.05) is 48.4 Å². The van der Waals surface area contributed by atoms with Gasteiger partial charge in [0.2, 0.25) is 5.91 Å². The zero-order valence-electron chi connectivity index (χ0n) is 13.2. The van der Waals surface area contributed by atoms with E-state index >= 15 is 0 Å². The highest BCUT2D eigenvalue weighted by atomic mass is 16.2. The molecule has 1 amide bonds. The van der Waals surface area contributed by atoms with Crippen LogP contribution < -0.4 is 11.1 Å². The van der Waals surface area contributed by atoms with Gasteiger partial charge in [0.25, 0.3) is 0 Å². The van der Waals surface area contributed by atoms with E-state index in [0.29, 0.717) is 19.1 Å². The Kier molecular flexibility index (Phi) is 8.12. The summed E-state index contributed by atoms with van der Waals surface area (Å²) in [7, 11) is 0. The molecule has 4 heteroatoms. The number of hydrogen-bond donors (Lipinski definition) is 2. The molecule has 4 nitrogen and oxygen atoms in total. The number of carbonyl (C=O) groups is 2. The van der Waals surface area contributed by atoms with Crippen molar-refractivity contribution in [1.82, 2.24) is 5.32 Å². The van der Waals surface area contributed by atoms with Gasteiger partial charge in [0, 0.05) is 6.42 Å². The second kappa shape index (κ2) is 10.1. The lowest BCUT2D eigenvalue weighted by atomic mass is 10.0. The Labute approximate surface area is 137 Å². The number of allylic oxidation sites excluding steroid dienone is 3. The molecule has 0 aromatic heterocycles. The highest BCUT2D eigenvalue weighted by Gasteiger charge is 2.18. The molecule has 3 N–H and O–H groups in total. The third-order valence-corrected chi connectivity index (χ3v) is 3.23. The smallest absolute Gasteiger partial charge is 0.237 e. The molecule has 0 spiro atoms. The van der Waals surface area contributed by atoms with Crippen molar-refractivity contribution in [3.8, 4) is 12.3 Å². The zero-order valence-corrected chi connectivity index (χ0v) is 13.2. The molecular formula is C19H22N2O2. The lowest BCUT2D eigenvalue weighted by Crippen LogP contribution is -2.47. The largest absolute Gasteiger partial charge is 0.345 e. The third-order valence-electron chi connectivity index (χ3n) is 3.23. The second-order valence-electron chi connectivity index (χ2n) is 5.14. The molecule has 0 aliphatic heterocycles.